The summed E-state index contributed by atoms with van der Waals surface area (Å²) in [4.78, 5) is 0. The van der Waals surface area contributed by atoms with E-state index < -0.39 is 8.32 Å². The Morgan fingerprint density at radius 2 is 1.59 bits per heavy atom. The van der Waals surface area contributed by atoms with E-state index in [2.05, 4.69) is 95.0 Å². The van der Waals surface area contributed by atoms with Gasteiger partial charge in [0.1, 0.15) is 5.75 Å². The zero-order chi connectivity index (χ0) is 24.1. The van der Waals surface area contributed by atoms with E-state index in [4.69, 9.17) is 13.9 Å². The highest BCUT2D eigenvalue weighted by Crippen LogP contribution is 2.34. The Hall–Kier alpha value is -0.633. The highest BCUT2D eigenvalue weighted by atomic mass is 127. The topological polar surface area (TPSA) is 27.7 Å². The van der Waals surface area contributed by atoms with Gasteiger partial charge in [-0.15, -0.1) is 0 Å². The molecule has 0 spiro atoms. The molecule has 0 fully saturated rings. The zero-order valence-corrected chi connectivity index (χ0v) is 24.4. The van der Waals surface area contributed by atoms with E-state index in [1.165, 1.54) is 5.56 Å². The Morgan fingerprint density at radius 1 is 1.00 bits per heavy atom. The third-order valence-corrected chi connectivity index (χ3v) is 12.9. The van der Waals surface area contributed by atoms with Crippen molar-refractivity contribution in [3.8, 4) is 5.75 Å². The van der Waals surface area contributed by atoms with Crippen LogP contribution < -0.4 is 4.74 Å². The summed E-state index contributed by atoms with van der Waals surface area (Å²) in [6.45, 7) is 18.3. The average molecular weight is 573 g/mol. The lowest BCUT2D eigenvalue weighted by molar-refractivity contribution is -0.0634. The van der Waals surface area contributed by atoms with Crippen LogP contribution in [-0.2, 0) is 15.8 Å². The largest absolute Gasteiger partial charge is 0.497 e. The molecule has 5 atom stereocenters. The maximum Gasteiger partial charge on any atom is 0.192 e. The summed E-state index contributed by atoms with van der Waals surface area (Å²) < 4.78 is 20.1. The van der Waals surface area contributed by atoms with E-state index in [9.17, 15) is 0 Å². The molecule has 0 N–H and O–H groups in total. The van der Waals surface area contributed by atoms with Crippen LogP contribution in [0, 0.1) is 17.8 Å². The molecule has 1 aromatic carbocycles. The number of hydrogen-bond donors (Lipinski definition) is 0. The van der Waals surface area contributed by atoms with Crippen molar-refractivity contribution in [2.24, 2.45) is 17.8 Å². The quantitative estimate of drug-likeness (QED) is 0.0868. The molecular formula is C27H45IO3Si. The van der Waals surface area contributed by atoms with Crippen LogP contribution in [-0.4, -0.2) is 32.1 Å². The van der Waals surface area contributed by atoms with Crippen molar-refractivity contribution in [2.45, 2.75) is 78.5 Å². The Bertz CT molecular complexity index is 664. The third kappa shape index (κ3) is 8.62. The van der Waals surface area contributed by atoms with Crippen molar-refractivity contribution >= 4 is 30.9 Å². The normalized spacial score (nSPS) is 17.0. The molecular weight excluding hydrogens is 527 g/mol. The first-order chi connectivity index (χ1) is 15.3. The molecule has 32 heavy (non-hydrogen) atoms. The summed E-state index contributed by atoms with van der Waals surface area (Å²) in [5.41, 5.74) is 1.17. The van der Waals surface area contributed by atoms with Gasteiger partial charge in [-0.3, -0.25) is 0 Å². The first-order valence-electron chi connectivity index (χ1n) is 12.1. The number of hydrogen-bond acceptors (Lipinski definition) is 3. The zero-order valence-electron chi connectivity index (χ0n) is 21.3. The number of halogens is 1. The van der Waals surface area contributed by atoms with Crippen LogP contribution in [0.5, 0.6) is 5.75 Å². The van der Waals surface area contributed by atoms with Crippen molar-refractivity contribution in [1.82, 2.24) is 0 Å². The molecule has 0 amide bonds. The first kappa shape index (κ1) is 29.4. The van der Waals surface area contributed by atoms with Crippen molar-refractivity contribution in [2.75, 3.05) is 11.5 Å². The second kappa shape index (κ2) is 15.3. The molecule has 0 aliphatic heterocycles. The summed E-state index contributed by atoms with van der Waals surface area (Å²) in [6.07, 6.45) is 6.40. The number of allylic oxidation sites excluding steroid dienone is 2. The van der Waals surface area contributed by atoms with Crippen molar-refractivity contribution < 1.29 is 13.9 Å². The maximum atomic E-state index is 7.12. The molecule has 1 aromatic rings. The van der Waals surface area contributed by atoms with Gasteiger partial charge in [-0.25, -0.2) is 0 Å². The first-order valence-corrected chi connectivity index (χ1v) is 16.1. The fraction of sp³-hybridized carbons (Fsp3) is 0.630. The van der Waals surface area contributed by atoms with E-state index in [0.29, 0.717) is 18.4 Å². The maximum absolute atomic E-state index is 7.12. The molecule has 182 valence electrons. The summed E-state index contributed by atoms with van der Waals surface area (Å²) in [5, 5.41) is 0. The fourth-order valence-electron chi connectivity index (χ4n) is 4.37. The molecule has 1 rings (SSSR count). The Kier molecular flexibility index (Phi) is 14.1. The second-order valence-corrected chi connectivity index (χ2v) is 14.5. The fourth-order valence-corrected chi connectivity index (χ4v) is 7.88. The van der Waals surface area contributed by atoms with Gasteiger partial charge in [0.15, 0.2) is 8.32 Å². The molecule has 0 radical (unpaired) electrons. The van der Waals surface area contributed by atoms with Gasteiger partial charge in [-0.1, -0.05) is 101 Å². The highest BCUT2D eigenvalue weighted by Gasteiger charge is 2.39. The minimum absolute atomic E-state index is 0.121. The average Bonchev–Trinajstić information content (AvgIpc) is 2.83. The number of methoxy groups -OCH3 is 1. The van der Waals surface area contributed by atoms with E-state index in [0.717, 1.165) is 28.3 Å². The monoisotopic (exact) mass is 572 g/mol. The predicted molar refractivity (Wildman–Crippen MR) is 149 cm³/mol. The smallest absolute Gasteiger partial charge is 0.192 e. The summed E-state index contributed by atoms with van der Waals surface area (Å²) in [6, 6.07) is 11.6. The molecule has 0 aromatic heterocycles. The molecule has 4 unspecified atom stereocenters. The minimum atomic E-state index is -1.76. The van der Waals surface area contributed by atoms with E-state index >= 15 is 0 Å². The molecule has 0 aliphatic rings. The molecule has 5 heteroatoms. The van der Waals surface area contributed by atoms with E-state index in [-0.39, 0.29) is 18.1 Å². The molecule has 0 aliphatic carbocycles. The lowest BCUT2D eigenvalue weighted by Crippen LogP contribution is -2.48. The molecule has 3 nitrogen and oxygen atoms in total. The van der Waals surface area contributed by atoms with Gasteiger partial charge < -0.3 is 13.9 Å². The van der Waals surface area contributed by atoms with Crippen LogP contribution in [0.4, 0.5) is 0 Å². The predicted octanol–water partition coefficient (Wildman–Crippen LogP) is 8.06. The van der Waals surface area contributed by atoms with E-state index in [1.807, 2.05) is 18.2 Å². The third-order valence-electron chi connectivity index (χ3n) is 6.83. The number of alkyl halides is 1. The standard InChI is InChI=1S/C27H45IO3Si/c1-9-13-14-21(5)27(31-32(10-2,11-3)12-4)23(7)26(22(6)19-28)30-20-24-15-17-25(29-8)18-16-24/h9,13-18,21-23,26-27H,1,10-12,19-20H2,2-8H3/b14-13-/t21-,22?,23?,26?,27?/m0/s1. The molecule has 0 heterocycles. The van der Waals surface area contributed by atoms with Crippen LogP contribution in [0.1, 0.15) is 47.1 Å². The molecule has 0 saturated carbocycles. The van der Waals surface area contributed by atoms with Gasteiger partial charge >= 0.3 is 0 Å². The van der Waals surface area contributed by atoms with Gasteiger partial charge in [-0.05, 0) is 47.7 Å². The lowest BCUT2D eigenvalue weighted by Gasteiger charge is -2.42. The Morgan fingerprint density at radius 3 is 2.06 bits per heavy atom. The highest BCUT2D eigenvalue weighted by molar-refractivity contribution is 14.1. The van der Waals surface area contributed by atoms with Gasteiger partial charge in [0, 0.05) is 10.3 Å². The number of benzene rings is 1. The summed E-state index contributed by atoms with van der Waals surface area (Å²) >= 11 is 2.48. The van der Waals surface area contributed by atoms with Gasteiger partial charge in [0.25, 0.3) is 0 Å². The minimum Gasteiger partial charge on any atom is -0.497 e. The van der Waals surface area contributed by atoms with Crippen molar-refractivity contribution in [3.05, 3.63) is 54.6 Å². The molecule has 0 saturated heterocycles. The van der Waals surface area contributed by atoms with Crippen LogP contribution in [0.2, 0.25) is 18.1 Å². The Balaban J connectivity index is 3.16. The summed E-state index contributed by atoms with van der Waals surface area (Å²) in [7, 11) is -0.0704. The van der Waals surface area contributed by atoms with Gasteiger partial charge in [0.2, 0.25) is 0 Å². The van der Waals surface area contributed by atoms with Crippen LogP contribution >= 0.6 is 22.6 Å². The number of rotatable bonds is 16. The second-order valence-electron chi connectivity index (χ2n) is 8.92. The SMILES string of the molecule is C=C/C=C\[C@H](C)C(O[Si](CC)(CC)CC)C(C)C(OCc1ccc(OC)cc1)C(C)CI. The lowest BCUT2D eigenvalue weighted by atomic mass is 9.84. The van der Waals surface area contributed by atoms with Gasteiger partial charge in [-0.2, -0.15) is 0 Å². The van der Waals surface area contributed by atoms with Crippen molar-refractivity contribution in [3.63, 3.8) is 0 Å². The number of ether oxygens (including phenoxy) is 2. The van der Waals surface area contributed by atoms with Crippen LogP contribution in [0.15, 0.2) is 49.1 Å². The van der Waals surface area contributed by atoms with Crippen LogP contribution in [0.25, 0.3) is 0 Å². The van der Waals surface area contributed by atoms with Crippen molar-refractivity contribution in [1.29, 1.82) is 0 Å². The summed E-state index contributed by atoms with van der Waals surface area (Å²) in [5.74, 6) is 1.88. The van der Waals surface area contributed by atoms with E-state index in [1.54, 1.807) is 7.11 Å². The van der Waals surface area contributed by atoms with Gasteiger partial charge in [0.05, 0.1) is 25.9 Å². The molecule has 0 bridgehead atoms. The van der Waals surface area contributed by atoms with Crippen LogP contribution in [0.3, 0.4) is 0 Å². The Labute approximate surface area is 212 Å².